The minimum Gasteiger partial charge on any atom is -0.313 e. The first-order chi connectivity index (χ1) is 9.11. The van der Waals surface area contributed by atoms with E-state index in [0.717, 1.165) is 15.5 Å². The average molecular weight is 297 g/mol. The lowest BCUT2D eigenvalue weighted by molar-refractivity contribution is 0.601. The maximum absolute atomic E-state index is 13.4. The molecule has 0 amide bonds. The van der Waals surface area contributed by atoms with Gasteiger partial charge >= 0.3 is 0 Å². The van der Waals surface area contributed by atoms with E-state index in [2.05, 4.69) is 10.3 Å². The summed E-state index contributed by atoms with van der Waals surface area (Å²) in [5.41, 5.74) is 0.897. The summed E-state index contributed by atoms with van der Waals surface area (Å²) in [5, 5.41) is 4.44. The quantitative estimate of drug-likeness (QED) is 0.910. The van der Waals surface area contributed by atoms with Gasteiger partial charge in [-0.25, -0.2) is 9.37 Å². The molecule has 0 radical (unpaired) electrons. The van der Waals surface area contributed by atoms with E-state index in [0.29, 0.717) is 5.02 Å². The predicted octanol–water partition coefficient (Wildman–Crippen LogP) is 4.31. The van der Waals surface area contributed by atoms with E-state index < -0.39 is 0 Å². The molecule has 2 aromatic rings. The molecule has 2 rings (SSSR count). The zero-order valence-corrected chi connectivity index (χ0v) is 12.2. The Labute approximate surface area is 121 Å². The molecule has 1 atom stereocenters. The second-order valence-corrected chi connectivity index (χ2v) is 5.52. The van der Waals surface area contributed by atoms with Crippen molar-refractivity contribution in [3.05, 3.63) is 52.9 Å². The average Bonchev–Trinajstić information content (AvgIpc) is 2.42. The summed E-state index contributed by atoms with van der Waals surface area (Å²) < 4.78 is 13.4. The third-order valence-electron chi connectivity index (χ3n) is 2.80. The highest BCUT2D eigenvalue weighted by atomic mass is 35.5. The molecule has 0 aliphatic rings. The van der Waals surface area contributed by atoms with Gasteiger partial charge in [-0.1, -0.05) is 23.4 Å². The number of benzene rings is 1. The maximum Gasteiger partial charge on any atom is 0.123 e. The van der Waals surface area contributed by atoms with Gasteiger partial charge in [0, 0.05) is 17.1 Å². The molecule has 0 aliphatic carbocycles. The van der Waals surface area contributed by atoms with Gasteiger partial charge in [-0.15, -0.1) is 0 Å². The summed E-state index contributed by atoms with van der Waals surface area (Å²) in [5.74, 6) is -0.242. The summed E-state index contributed by atoms with van der Waals surface area (Å²) in [6.07, 6.45) is 1.69. The van der Waals surface area contributed by atoms with Crippen LogP contribution in [0.5, 0.6) is 0 Å². The topological polar surface area (TPSA) is 24.9 Å². The van der Waals surface area contributed by atoms with E-state index in [1.165, 1.54) is 17.8 Å². The lowest BCUT2D eigenvalue weighted by atomic mass is 10.1. The number of hydrogen-bond donors (Lipinski definition) is 1. The van der Waals surface area contributed by atoms with Gasteiger partial charge in [-0.05, 0) is 49.9 Å². The van der Waals surface area contributed by atoms with E-state index in [1.54, 1.807) is 30.5 Å². The molecule has 0 bridgehead atoms. The fourth-order valence-corrected chi connectivity index (χ4v) is 2.87. The van der Waals surface area contributed by atoms with Crippen LogP contribution in [0.15, 0.2) is 46.5 Å². The number of halogens is 2. The van der Waals surface area contributed by atoms with Crippen LogP contribution in [-0.4, -0.2) is 12.0 Å². The lowest BCUT2D eigenvalue weighted by Gasteiger charge is -2.15. The van der Waals surface area contributed by atoms with Crippen LogP contribution in [0.2, 0.25) is 5.02 Å². The third-order valence-corrected chi connectivity index (χ3v) is 4.33. The second kappa shape index (κ2) is 6.37. The molecular weight excluding hydrogens is 283 g/mol. The molecule has 0 saturated heterocycles. The van der Waals surface area contributed by atoms with Crippen molar-refractivity contribution in [3.63, 3.8) is 0 Å². The first kappa shape index (κ1) is 14.3. The molecule has 19 heavy (non-hydrogen) atoms. The summed E-state index contributed by atoms with van der Waals surface area (Å²) in [7, 11) is 1.85. The minimum absolute atomic E-state index is 0.0562. The first-order valence-corrected chi connectivity index (χ1v) is 7.06. The van der Waals surface area contributed by atoms with Crippen LogP contribution in [-0.2, 0) is 0 Å². The molecule has 100 valence electrons. The van der Waals surface area contributed by atoms with Gasteiger partial charge in [0.25, 0.3) is 0 Å². The summed E-state index contributed by atoms with van der Waals surface area (Å²) in [6, 6.07) is 8.38. The number of pyridine rings is 1. The van der Waals surface area contributed by atoms with Crippen molar-refractivity contribution in [2.45, 2.75) is 22.9 Å². The van der Waals surface area contributed by atoms with Crippen LogP contribution in [0.3, 0.4) is 0 Å². The van der Waals surface area contributed by atoms with Crippen molar-refractivity contribution in [1.82, 2.24) is 10.3 Å². The summed E-state index contributed by atoms with van der Waals surface area (Å²) in [4.78, 5) is 5.19. The maximum atomic E-state index is 13.4. The molecule has 0 fully saturated rings. The fourth-order valence-electron chi connectivity index (χ4n) is 1.66. The molecule has 0 aliphatic heterocycles. The van der Waals surface area contributed by atoms with Crippen LogP contribution in [0.1, 0.15) is 18.5 Å². The van der Waals surface area contributed by atoms with E-state index in [4.69, 9.17) is 11.6 Å². The number of nitrogens with zero attached hydrogens (tertiary/aromatic N) is 1. The summed E-state index contributed by atoms with van der Waals surface area (Å²) in [6.45, 7) is 1.98. The van der Waals surface area contributed by atoms with Crippen molar-refractivity contribution in [2.24, 2.45) is 0 Å². The molecule has 1 unspecified atom stereocenters. The first-order valence-electron chi connectivity index (χ1n) is 5.87. The van der Waals surface area contributed by atoms with E-state index in [9.17, 15) is 4.39 Å². The highest BCUT2D eigenvalue weighted by molar-refractivity contribution is 7.99. The monoisotopic (exact) mass is 296 g/mol. The third kappa shape index (κ3) is 3.47. The predicted molar refractivity (Wildman–Crippen MR) is 77.2 cm³/mol. The number of nitrogens with one attached hydrogen (secondary N) is 1. The summed E-state index contributed by atoms with van der Waals surface area (Å²) >= 11 is 7.54. The Balaban J connectivity index is 2.37. The Kier molecular flexibility index (Phi) is 4.80. The lowest BCUT2D eigenvalue weighted by Crippen LogP contribution is -2.13. The Morgan fingerprint density at radius 2 is 2.16 bits per heavy atom. The highest BCUT2D eigenvalue weighted by Gasteiger charge is 2.13. The Bertz CT molecular complexity index is 577. The van der Waals surface area contributed by atoms with Gasteiger partial charge in [0.05, 0.1) is 5.02 Å². The zero-order chi connectivity index (χ0) is 13.8. The number of hydrogen-bond acceptors (Lipinski definition) is 3. The fraction of sp³-hybridized carbons (Fsp3) is 0.214. The zero-order valence-electron chi connectivity index (χ0n) is 10.7. The van der Waals surface area contributed by atoms with Crippen molar-refractivity contribution in [2.75, 3.05) is 7.05 Å². The molecule has 0 spiro atoms. The van der Waals surface area contributed by atoms with Crippen LogP contribution in [0.4, 0.5) is 4.39 Å². The van der Waals surface area contributed by atoms with Gasteiger partial charge in [0.2, 0.25) is 0 Å². The number of rotatable bonds is 4. The molecule has 1 N–H and O–H groups in total. The molecular formula is C14H14ClFN2S. The normalized spacial score (nSPS) is 12.4. The standard InChI is InChI=1S/C14H14ClFN2S/c1-9(17-2)11-8-10(16)5-6-13(11)19-14-12(15)4-3-7-18-14/h3-9,17H,1-2H3. The second-order valence-electron chi connectivity index (χ2n) is 4.08. The van der Waals surface area contributed by atoms with E-state index in [-0.39, 0.29) is 11.9 Å². The minimum atomic E-state index is -0.242. The van der Waals surface area contributed by atoms with Crippen molar-refractivity contribution in [3.8, 4) is 0 Å². The molecule has 5 heteroatoms. The van der Waals surface area contributed by atoms with Gasteiger partial charge in [-0.2, -0.15) is 0 Å². The van der Waals surface area contributed by atoms with Crippen LogP contribution in [0, 0.1) is 5.82 Å². The SMILES string of the molecule is CNC(C)c1cc(F)ccc1Sc1ncccc1Cl. The Morgan fingerprint density at radius 3 is 2.84 bits per heavy atom. The largest absolute Gasteiger partial charge is 0.313 e. The molecule has 0 saturated carbocycles. The van der Waals surface area contributed by atoms with E-state index >= 15 is 0 Å². The molecule has 1 aromatic heterocycles. The van der Waals surface area contributed by atoms with E-state index in [1.807, 2.05) is 14.0 Å². The smallest absolute Gasteiger partial charge is 0.123 e. The van der Waals surface area contributed by atoms with Crippen molar-refractivity contribution in [1.29, 1.82) is 0 Å². The van der Waals surface area contributed by atoms with Crippen molar-refractivity contribution >= 4 is 23.4 Å². The Morgan fingerprint density at radius 1 is 1.37 bits per heavy atom. The van der Waals surface area contributed by atoms with Gasteiger partial charge in [0.15, 0.2) is 0 Å². The van der Waals surface area contributed by atoms with Crippen LogP contribution >= 0.6 is 23.4 Å². The molecule has 1 aromatic carbocycles. The van der Waals surface area contributed by atoms with Crippen LogP contribution in [0.25, 0.3) is 0 Å². The number of aromatic nitrogens is 1. The van der Waals surface area contributed by atoms with Crippen LogP contribution < -0.4 is 5.32 Å². The van der Waals surface area contributed by atoms with Gasteiger partial charge < -0.3 is 5.32 Å². The molecule has 2 nitrogen and oxygen atoms in total. The highest BCUT2D eigenvalue weighted by Crippen LogP contribution is 2.35. The van der Waals surface area contributed by atoms with Gasteiger partial charge in [-0.3, -0.25) is 0 Å². The Hall–Kier alpha value is -1.10. The van der Waals surface area contributed by atoms with Crippen molar-refractivity contribution < 1.29 is 4.39 Å². The van der Waals surface area contributed by atoms with Gasteiger partial charge in [0.1, 0.15) is 10.8 Å². The molecule has 1 heterocycles.